The number of hydrogen-bond acceptors (Lipinski definition) is 1. The van der Waals surface area contributed by atoms with E-state index in [-0.39, 0.29) is 6.10 Å². The molecule has 0 bridgehead atoms. The molecule has 0 radical (unpaired) electrons. The van der Waals surface area contributed by atoms with E-state index >= 15 is 0 Å². The number of aliphatic hydroxyl groups excluding tert-OH is 1. The molecule has 1 aromatic carbocycles. The summed E-state index contributed by atoms with van der Waals surface area (Å²) in [6.45, 7) is 4.20. The summed E-state index contributed by atoms with van der Waals surface area (Å²) in [6.07, 6.45) is 8.77. The van der Waals surface area contributed by atoms with Crippen molar-refractivity contribution in [3.05, 3.63) is 34.9 Å². The van der Waals surface area contributed by atoms with E-state index in [1.54, 1.807) is 0 Å². The van der Waals surface area contributed by atoms with E-state index < -0.39 is 0 Å². The molecule has 0 saturated heterocycles. The van der Waals surface area contributed by atoms with Gasteiger partial charge in [0.05, 0.1) is 6.10 Å². The van der Waals surface area contributed by atoms with Crippen LogP contribution in [0, 0.1) is 19.8 Å². The van der Waals surface area contributed by atoms with Gasteiger partial charge in [-0.1, -0.05) is 62.3 Å². The summed E-state index contributed by atoms with van der Waals surface area (Å²) in [5.74, 6) is 0.724. The second kappa shape index (κ2) is 6.38. The van der Waals surface area contributed by atoms with Crippen LogP contribution in [0.2, 0.25) is 0 Å². The van der Waals surface area contributed by atoms with E-state index in [1.165, 1.54) is 49.7 Å². The molecule has 100 valence electrons. The van der Waals surface area contributed by atoms with Gasteiger partial charge in [0.15, 0.2) is 0 Å². The van der Waals surface area contributed by atoms with Crippen LogP contribution in [0.25, 0.3) is 0 Å². The third kappa shape index (κ3) is 3.58. The van der Waals surface area contributed by atoms with Gasteiger partial charge >= 0.3 is 0 Å². The SMILES string of the molecule is Cc1ccc(C)c(C(O)CC2CCCCCC2)c1. The Kier molecular flexibility index (Phi) is 4.82. The lowest BCUT2D eigenvalue weighted by atomic mass is 9.89. The van der Waals surface area contributed by atoms with Crippen molar-refractivity contribution in [1.82, 2.24) is 0 Å². The molecule has 0 amide bonds. The second-order valence-corrected chi connectivity index (χ2v) is 5.97. The zero-order chi connectivity index (χ0) is 13.0. The summed E-state index contributed by atoms with van der Waals surface area (Å²) in [6, 6.07) is 6.40. The van der Waals surface area contributed by atoms with Gasteiger partial charge in [0.1, 0.15) is 0 Å². The molecule has 0 heterocycles. The monoisotopic (exact) mass is 246 g/mol. The first-order valence-electron chi connectivity index (χ1n) is 7.42. The maximum atomic E-state index is 10.5. The van der Waals surface area contributed by atoms with Gasteiger partial charge < -0.3 is 5.11 Å². The molecule has 0 aliphatic heterocycles. The molecule has 1 N–H and O–H groups in total. The highest BCUT2D eigenvalue weighted by Crippen LogP contribution is 2.32. The van der Waals surface area contributed by atoms with Crippen molar-refractivity contribution < 1.29 is 5.11 Å². The van der Waals surface area contributed by atoms with E-state index in [9.17, 15) is 5.11 Å². The summed E-state index contributed by atoms with van der Waals surface area (Å²) in [5, 5.41) is 10.5. The number of rotatable bonds is 3. The van der Waals surface area contributed by atoms with E-state index in [1.807, 2.05) is 0 Å². The number of benzene rings is 1. The summed E-state index contributed by atoms with van der Waals surface area (Å²) >= 11 is 0. The maximum absolute atomic E-state index is 10.5. The molecule has 1 saturated carbocycles. The van der Waals surface area contributed by atoms with E-state index in [0.29, 0.717) is 0 Å². The molecule has 1 atom stereocenters. The van der Waals surface area contributed by atoms with Gasteiger partial charge in [-0.2, -0.15) is 0 Å². The van der Waals surface area contributed by atoms with Crippen LogP contribution in [-0.4, -0.2) is 5.11 Å². The molecule has 1 aliphatic rings. The predicted octanol–water partition coefficient (Wildman–Crippen LogP) is 4.70. The largest absolute Gasteiger partial charge is 0.388 e. The molecule has 18 heavy (non-hydrogen) atoms. The van der Waals surface area contributed by atoms with Gasteiger partial charge in [0, 0.05) is 0 Å². The topological polar surface area (TPSA) is 20.2 Å². The van der Waals surface area contributed by atoms with Gasteiger partial charge in [0.2, 0.25) is 0 Å². The molecule has 1 nitrogen and oxygen atoms in total. The molecule has 1 aromatic rings. The summed E-state index contributed by atoms with van der Waals surface area (Å²) in [5.41, 5.74) is 3.61. The highest BCUT2D eigenvalue weighted by Gasteiger charge is 2.18. The molecule has 0 spiro atoms. The molecule has 1 aliphatic carbocycles. The Morgan fingerprint density at radius 2 is 1.78 bits per heavy atom. The fraction of sp³-hybridized carbons (Fsp3) is 0.647. The van der Waals surface area contributed by atoms with Crippen molar-refractivity contribution in [2.75, 3.05) is 0 Å². The Balaban J connectivity index is 2.01. The van der Waals surface area contributed by atoms with Crippen LogP contribution >= 0.6 is 0 Å². The van der Waals surface area contributed by atoms with Crippen molar-refractivity contribution in [2.45, 2.75) is 64.9 Å². The van der Waals surface area contributed by atoms with Crippen LogP contribution in [-0.2, 0) is 0 Å². The lowest BCUT2D eigenvalue weighted by Crippen LogP contribution is -2.08. The van der Waals surface area contributed by atoms with Gasteiger partial charge in [-0.15, -0.1) is 0 Å². The highest BCUT2D eigenvalue weighted by atomic mass is 16.3. The minimum Gasteiger partial charge on any atom is -0.388 e. The van der Waals surface area contributed by atoms with Crippen LogP contribution in [0.4, 0.5) is 0 Å². The number of hydrogen-bond donors (Lipinski definition) is 1. The zero-order valence-corrected chi connectivity index (χ0v) is 11.8. The Labute approximate surface area is 111 Å². The minimum atomic E-state index is -0.270. The summed E-state index contributed by atoms with van der Waals surface area (Å²) in [4.78, 5) is 0. The predicted molar refractivity (Wildman–Crippen MR) is 76.7 cm³/mol. The van der Waals surface area contributed by atoms with Gasteiger partial charge in [0.25, 0.3) is 0 Å². The fourth-order valence-electron chi connectivity index (χ4n) is 3.16. The van der Waals surface area contributed by atoms with Crippen LogP contribution < -0.4 is 0 Å². The van der Waals surface area contributed by atoms with Gasteiger partial charge in [-0.05, 0) is 37.3 Å². The van der Waals surface area contributed by atoms with Gasteiger partial charge in [-0.3, -0.25) is 0 Å². The second-order valence-electron chi connectivity index (χ2n) is 5.97. The molecule has 1 fully saturated rings. The average Bonchev–Trinajstić information content (AvgIpc) is 2.61. The lowest BCUT2D eigenvalue weighted by molar-refractivity contribution is 0.138. The zero-order valence-electron chi connectivity index (χ0n) is 11.8. The number of aliphatic hydroxyl groups is 1. The Hall–Kier alpha value is -0.820. The van der Waals surface area contributed by atoms with Crippen LogP contribution in [0.5, 0.6) is 0 Å². The quantitative estimate of drug-likeness (QED) is 0.767. The minimum absolute atomic E-state index is 0.270. The molecule has 2 rings (SSSR count). The molecule has 1 unspecified atom stereocenters. The standard InChI is InChI=1S/C17H26O/c1-13-9-10-14(2)16(11-13)17(18)12-15-7-5-3-4-6-8-15/h9-11,15,17-18H,3-8,12H2,1-2H3. The average molecular weight is 246 g/mol. The normalized spacial score (nSPS) is 19.5. The van der Waals surface area contributed by atoms with E-state index in [2.05, 4.69) is 32.0 Å². The van der Waals surface area contributed by atoms with E-state index in [4.69, 9.17) is 0 Å². The van der Waals surface area contributed by atoms with Crippen molar-refractivity contribution in [2.24, 2.45) is 5.92 Å². The first-order chi connectivity index (χ1) is 8.66. The van der Waals surface area contributed by atoms with Crippen LogP contribution in [0.15, 0.2) is 18.2 Å². The van der Waals surface area contributed by atoms with Crippen molar-refractivity contribution in [1.29, 1.82) is 0 Å². The maximum Gasteiger partial charge on any atom is 0.0795 e. The van der Waals surface area contributed by atoms with Crippen LogP contribution in [0.3, 0.4) is 0 Å². The first kappa shape index (κ1) is 13.6. The molecule has 1 heteroatoms. The molecular weight excluding hydrogens is 220 g/mol. The Morgan fingerprint density at radius 1 is 1.11 bits per heavy atom. The summed E-state index contributed by atoms with van der Waals surface area (Å²) in [7, 11) is 0. The highest BCUT2D eigenvalue weighted by molar-refractivity contribution is 5.32. The molecule has 0 aromatic heterocycles. The third-order valence-corrected chi connectivity index (χ3v) is 4.33. The third-order valence-electron chi connectivity index (χ3n) is 4.33. The van der Waals surface area contributed by atoms with Crippen molar-refractivity contribution >= 4 is 0 Å². The number of aryl methyl sites for hydroxylation is 2. The first-order valence-corrected chi connectivity index (χ1v) is 7.42. The van der Waals surface area contributed by atoms with E-state index in [0.717, 1.165) is 17.9 Å². The fourth-order valence-corrected chi connectivity index (χ4v) is 3.16. The Morgan fingerprint density at radius 3 is 2.44 bits per heavy atom. The van der Waals surface area contributed by atoms with Crippen molar-refractivity contribution in [3.63, 3.8) is 0 Å². The molecular formula is C17H26O. The summed E-state index contributed by atoms with van der Waals surface area (Å²) < 4.78 is 0. The van der Waals surface area contributed by atoms with Gasteiger partial charge in [-0.25, -0.2) is 0 Å². The van der Waals surface area contributed by atoms with Crippen LogP contribution in [0.1, 0.15) is 67.7 Å². The Bertz CT molecular complexity index is 375. The smallest absolute Gasteiger partial charge is 0.0795 e. The lowest BCUT2D eigenvalue weighted by Gasteiger charge is -2.20. The van der Waals surface area contributed by atoms with Crippen molar-refractivity contribution in [3.8, 4) is 0 Å².